The van der Waals surface area contributed by atoms with Gasteiger partial charge < -0.3 is 24.5 Å². The lowest BCUT2D eigenvalue weighted by Gasteiger charge is -2.33. The molecule has 0 spiro atoms. The van der Waals surface area contributed by atoms with Crippen LogP contribution in [-0.2, 0) is 17.4 Å². The van der Waals surface area contributed by atoms with Crippen molar-refractivity contribution in [2.24, 2.45) is 13.0 Å². The number of aryl methyl sites for hydroxylation is 3. The third-order valence-corrected chi connectivity index (χ3v) is 8.77. The van der Waals surface area contributed by atoms with Crippen molar-refractivity contribution in [3.63, 3.8) is 0 Å². The molecule has 2 aliphatic rings. The number of ether oxygens (including phenoxy) is 2. The Bertz CT molecular complexity index is 1660. The van der Waals surface area contributed by atoms with Crippen LogP contribution in [0.4, 0.5) is 9.18 Å². The van der Waals surface area contributed by atoms with Crippen molar-refractivity contribution in [1.29, 1.82) is 0 Å². The number of imide groups is 1. The van der Waals surface area contributed by atoms with Crippen LogP contribution in [0, 0.1) is 25.6 Å². The van der Waals surface area contributed by atoms with Gasteiger partial charge in [0.15, 0.2) is 0 Å². The second kappa shape index (κ2) is 12.3. The van der Waals surface area contributed by atoms with E-state index in [0.29, 0.717) is 70.7 Å². The summed E-state index contributed by atoms with van der Waals surface area (Å²) in [7, 11) is 1.65. The van der Waals surface area contributed by atoms with Crippen LogP contribution in [0.5, 0.6) is 17.2 Å². The third-order valence-electron chi connectivity index (χ3n) is 8.77. The van der Waals surface area contributed by atoms with E-state index in [-0.39, 0.29) is 41.4 Å². The molecule has 1 atom stereocenters. The molecule has 5 rings (SSSR count). The zero-order chi connectivity index (χ0) is 32.8. The predicted molar refractivity (Wildman–Crippen MR) is 169 cm³/mol. The first-order valence-corrected chi connectivity index (χ1v) is 15.5. The molecular weight excluding hydrogens is 577 g/mol. The first-order chi connectivity index (χ1) is 21.1. The summed E-state index contributed by atoms with van der Waals surface area (Å²) in [5.41, 5.74) is 1.65. The first-order valence-electron chi connectivity index (χ1n) is 15.5. The standard InChI is InChI=1S/C35H42FN3O6/c1-19(2)31-33(41)39(34(42)37-31)24-9-11-25(12-10-24)44-29-17-30(40)38(7)18-27(29)26-16-22(35(5,6)43)8-13-28(26)45-32-20(3)14-23(36)15-21(32)4/h8,13-19,24-25,31,43H,9-12H2,1-7H3,(H,37,42)/t24?,25?,31-/m1/s1. The molecule has 3 aromatic rings. The van der Waals surface area contributed by atoms with E-state index in [2.05, 4.69) is 5.32 Å². The van der Waals surface area contributed by atoms with Crippen molar-refractivity contribution in [2.45, 2.75) is 91.0 Å². The molecule has 2 heterocycles. The molecule has 1 saturated carbocycles. The molecule has 240 valence electrons. The molecule has 3 amide bonds. The molecule has 2 fully saturated rings. The number of hydrogen-bond acceptors (Lipinski definition) is 6. The van der Waals surface area contributed by atoms with Gasteiger partial charge in [-0.05, 0) is 100 Å². The molecule has 1 aliphatic carbocycles. The highest BCUT2D eigenvalue weighted by atomic mass is 19.1. The quantitative estimate of drug-likeness (QED) is 0.295. The minimum atomic E-state index is -1.16. The molecule has 2 aromatic carbocycles. The predicted octanol–water partition coefficient (Wildman–Crippen LogP) is 6.09. The Hall–Kier alpha value is -4.18. The summed E-state index contributed by atoms with van der Waals surface area (Å²) in [6, 6.07) is 8.55. The normalized spacial score (nSPS) is 20.5. The van der Waals surface area contributed by atoms with Crippen LogP contribution in [0.2, 0.25) is 0 Å². The van der Waals surface area contributed by atoms with E-state index in [0.717, 1.165) is 0 Å². The average Bonchev–Trinajstić information content (AvgIpc) is 3.26. The number of rotatable bonds is 8. The molecule has 1 saturated heterocycles. The van der Waals surface area contributed by atoms with E-state index in [9.17, 15) is 23.9 Å². The van der Waals surface area contributed by atoms with Gasteiger partial charge in [0.25, 0.3) is 11.5 Å². The van der Waals surface area contributed by atoms with Crippen LogP contribution in [0.1, 0.15) is 70.1 Å². The van der Waals surface area contributed by atoms with E-state index in [1.165, 1.54) is 27.7 Å². The summed E-state index contributed by atoms with van der Waals surface area (Å²) < 4.78 is 28.4. The zero-order valence-corrected chi connectivity index (χ0v) is 26.9. The first kappa shape index (κ1) is 32.2. The van der Waals surface area contributed by atoms with E-state index in [1.54, 1.807) is 53.1 Å². The second-order valence-corrected chi connectivity index (χ2v) is 13.2. The van der Waals surface area contributed by atoms with Crippen molar-refractivity contribution in [1.82, 2.24) is 14.8 Å². The zero-order valence-electron chi connectivity index (χ0n) is 26.9. The minimum absolute atomic E-state index is 0.00454. The molecule has 9 nitrogen and oxygen atoms in total. The molecule has 2 N–H and O–H groups in total. The molecule has 0 unspecified atom stereocenters. The van der Waals surface area contributed by atoms with Gasteiger partial charge in [0.05, 0.1) is 11.7 Å². The van der Waals surface area contributed by atoms with Crippen molar-refractivity contribution < 1.29 is 28.6 Å². The minimum Gasteiger partial charge on any atom is -0.490 e. The fourth-order valence-electron chi connectivity index (χ4n) is 6.20. The number of pyridine rings is 1. The van der Waals surface area contributed by atoms with Crippen molar-refractivity contribution >= 4 is 11.9 Å². The number of carbonyl (C=O) groups excluding carboxylic acids is 2. The molecular formula is C35H42FN3O6. The third kappa shape index (κ3) is 6.61. The number of benzene rings is 2. The largest absolute Gasteiger partial charge is 0.490 e. The van der Waals surface area contributed by atoms with Crippen LogP contribution in [0.3, 0.4) is 0 Å². The van der Waals surface area contributed by atoms with Gasteiger partial charge in [0.2, 0.25) is 0 Å². The van der Waals surface area contributed by atoms with Crippen molar-refractivity contribution in [3.8, 4) is 28.4 Å². The molecule has 1 aromatic heterocycles. The number of amides is 3. The van der Waals surface area contributed by atoms with Crippen LogP contribution < -0.4 is 20.3 Å². The van der Waals surface area contributed by atoms with Gasteiger partial charge in [-0.25, -0.2) is 9.18 Å². The number of halogens is 1. The van der Waals surface area contributed by atoms with Gasteiger partial charge >= 0.3 is 6.03 Å². The van der Waals surface area contributed by atoms with Gasteiger partial charge in [0, 0.05) is 36.5 Å². The van der Waals surface area contributed by atoms with Gasteiger partial charge in [-0.2, -0.15) is 0 Å². The number of nitrogens with zero attached hydrogens (tertiary/aromatic N) is 2. The average molecular weight is 620 g/mol. The molecule has 1 aliphatic heterocycles. The van der Waals surface area contributed by atoms with Crippen molar-refractivity contribution in [3.05, 3.63) is 75.5 Å². The highest BCUT2D eigenvalue weighted by Gasteiger charge is 2.44. The summed E-state index contributed by atoms with van der Waals surface area (Å²) in [5, 5.41) is 13.7. The van der Waals surface area contributed by atoms with Crippen LogP contribution in [0.15, 0.2) is 47.4 Å². The Kier molecular flexibility index (Phi) is 8.81. The number of aromatic nitrogens is 1. The van der Waals surface area contributed by atoms with Crippen LogP contribution in [-0.4, -0.2) is 44.7 Å². The van der Waals surface area contributed by atoms with Crippen LogP contribution in [0.25, 0.3) is 11.1 Å². The van der Waals surface area contributed by atoms with Gasteiger partial charge in [-0.15, -0.1) is 0 Å². The van der Waals surface area contributed by atoms with E-state index in [1.807, 2.05) is 19.9 Å². The maximum atomic E-state index is 14.1. The Morgan fingerprint density at radius 1 is 0.956 bits per heavy atom. The Balaban J connectivity index is 1.47. The molecule has 0 bridgehead atoms. The van der Waals surface area contributed by atoms with E-state index < -0.39 is 11.6 Å². The Morgan fingerprint density at radius 2 is 1.60 bits per heavy atom. The summed E-state index contributed by atoms with van der Waals surface area (Å²) in [6.45, 7) is 10.7. The maximum Gasteiger partial charge on any atom is 0.325 e. The number of aliphatic hydroxyl groups is 1. The number of carbonyl (C=O) groups is 2. The monoisotopic (exact) mass is 619 g/mol. The van der Waals surface area contributed by atoms with Gasteiger partial charge in [-0.3, -0.25) is 14.5 Å². The summed E-state index contributed by atoms with van der Waals surface area (Å²) in [4.78, 5) is 39.8. The van der Waals surface area contributed by atoms with Gasteiger partial charge in [-0.1, -0.05) is 19.9 Å². The fraction of sp³-hybridized carbons (Fsp3) is 0.457. The Labute approximate surface area is 263 Å². The topological polar surface area (TPSA) is 110 Å². The van der Waals surface area contributed by atoms with Gasteiger partial charge in [0.1, 0.15) is 29.1 Å². The summed E-state index contributed by atoms with van der Waals surface area (Å²) in [5.74, 6) is 0.796. The van der Waals surface area contributed by atoms with Crippen molar-refractivity contribution in [2.75, 3.05) is 0 Å². The smallest absolute Gasteiger partial charge is 0.325 e. The maximum absolute atomic E-state index is 14.1. The lowest BCUT2D eigenvalue weighted by molar-refractivity contribution is -0.130. The molecule has 10 heteroatoms. The highest BCUT2D eigenvalue weighted by Crippen LogP contribution is 2.42. The fourth-order valence-corrected chi connectivity index (χ4v) is 6.20. The highest BCUT2D eigenvalue weighted by molar-refractivity contribution is 6.04. The molecule has 0 radical (unpaired) electrons. The number of hydrogen-bond donors (Lipinski definition) is 2. The summed E-state index contributed by atoms with van der Waals surface area (Å²) >= 11 is 0. The lowest BCUT2D eigenvalue weighted by atomic mass is 9.91. The second-order valence-electron chi connectivity index (χ2n) is 13.2. The number of urea groups is 1. The van der Waals surface area contributed by atoms with E-state index >= 15 is 0 Å². The molecule has 45 heavy (non-hydrogen) atoms. The summed E-state index contributed by atoms with van der Waals surface area (Å²) in [6.07, 6.45) is 3.77. The van der Waals surface area contributed by atoms with Crippen LogP contribution >= 0.6 is 0 Å². The lowest BCUT2D eigenvalue weighted by Crippen LogP contribution is -2.44. The number of nitrogens with one attached hydrogen (secondary N) is 1. The van der Waals surface area contributed by atoms with E-state index in [4.69, 9.17) is 9.47 Å². The SMILES string of the molecule is Cc1cc(F)cc(C)c1Oc1ccc(C(C)(C)O)cc1-c1cn(C)c(=O)cc1OC1CCC(N2C(=O)N[C@H](C(C)C)C2=O)CC1. The Morgan fingerprint density at radius 3 is 2.18 bits per heavy atom.